The van der Waals surface area contributed by atoms with E-state index in [-0.39, 0.29) is 11.7 Å². The van der Waals surface area contributed by atoms with Gasteiger partial charge >= 0.3 is 0 Å². The summed E-state index contributed by atoms with van der Waals surface area (Å²) < 4.78 is 1.31. The number of hydrogen-bond donors (Lipinski definition) is 2. The van der Waals surface area contributed by atoms with Crippen LogP contribution in [0.3, 0.4) is 0 Å². The molecule has 0 aliphatic rings. The highest BCUT2D eigenvalue weighted by atomic mass is 16.3. The summed E-state index contributed by atoms with van der Waals surface area (Å²) in [6.45, 7) is 0. The minimum absolute atomic E-state index is 0.195. The number of phenolic OH excluding ortho intramolecular Hbond substituents is 1. The second-order valence-electron chi connectivity index (χ2n) is 2.86. The fourth-order valence-corrected chi connectivity index (χ4v) is 1.09. The molecule has 1 aromatic heterocycles. The smallest absolute Gasteiger partial charge is 0.244 e. The average Bonchev–Trinajstić information content (AvgIpc) is 2.63. The van der Waals surface area contributed by atoms with Gasteiger partial charge in [0.25, 0.3) is 0 Å². The highest BCUT2D eigenvalue weighted by Crippen LogP contribution is 2.17. The van der Waals surface area contributed by atoms with Gasteiger partial charge in [0.05, 0.1) is 0 Å². The predicted octanol–water partition coefficient (Wildman–Crippen LogP) is 0.589. The molecule has 0 spiro atoms. The van der Waals surface area contributed by atoms with Crippen molar-refractivity contribution >= 4 is 18.2 Å². The van der Waals surface area contributed by atoms with Gasteiger partial charge in [0.2, 0.25) is 5.95 Å². The normalized spacial score (nSPS) is 10.9. The van der Waals surface area contributed by atoms with E-state index in [4.69, 9.17) is 5.73 Å². The number of para-hydroxylation sites is 1. The molecule has 0 amide bonds. The number of benzene rings is 1. The minimum Gasteiger partial charge on any atom is -0.507 e. The van der Waals surface area contributed by atoms with Gasteiger partial charge < -0.3 is 10.8 Å². The van der Waals surface area contributed by atoms with E-state index in [1.807, 2.05) is 6.07 Å². The second-order valence-corrected chi connectivity index (χ2v) is 2.86. The number of anilines is 1. The number of nitrogens with two attached hydrogens (primary N) is 1. The number of nitrogen functional groups attached to an aromatic ring is 1. The van der Waals surface area contributed by atoms with Crippen LogP contribution in [0.25, 0.3) is 12.3 Å². The van der Waals surface area contributed by atoms with Gasteiger partial charge in [-0.3, -0.25) is 0 Å². The molecule has 0 unspecified atom stereocenters. The van der Waals surface area contributed by atoms with Gasteiger partial charge in [-0.1, -0.05) is 23.3 Å². The maximum atomic E-state index is 9.47. The van der Waals surface area contributed by atoms with Gasteiger partial charge in [-0.25, -0.2) is 0 Å². The van der Waals surface area contributed by atoms with Crippen LogP contribution in [0.5, 0.6) is 5.75 Å². The Labute approximate surface area is 85.6 Å². The summed E-state index contributed by atoms with van der Waals surface area (Å²) in [5.74, 6) is 0.391. The van der Waals surface area contributed by atoms with Gasteiger partial charge in [0.1, 0.15) is 5.75 Å². The molecule has 0 saturated heterocycles. The molecule has 2 aromatic rings. The molecule has 15 heavy (non-hydrogen) atoms. The number of aromatic hydroxyl groups is 1. The fraction of sp³-hybridized carbons (Fsp3) is 0. The summed E-state index contributed by atoms with van der Waals surface area (Å²) in [5, 5.41) is 20.0. The van der Waals surface area contributed by atoms with Crippen LogP contribution in [0.4, 0.5) is 5.95 Å². The van der Waals surface area contributed by atoms with Crippen LogP contribution in [-0.4, -0.2) is 25.3 Å². The Balaban J connectivity index is 2.26. The van der Waals surface area contributed by atoms with E-state index in [9.17, 15) is 5.11 Å². The number of nitrogens with zero attached hydrogens (tertiary/aromatic N) is 4. The SMILES string of the molecule is Nc1nnnn1/C=C/c1ccccc1O. The Hall–Kier alpha value is -2.37. The third-order valence-corrected chi connectivity index (χ3v) is 1.85. The van der Waals surface area contributed by atoms with Gasteiger partial charge in [-0.15, -0.1) is 0 Å². The summed E-state index contributed by atoms with van der Waals surface area (Å²) >= 11 is 0. The van der Waals surface area contributed by atoms with E-state index in [0.29, 0.717) is 5.56 Å². The van der Waals surface area contributed by atoms with Crippen LogP contribution >= 0.6 is 0 Å². The van der Waals surface area contributed by atoms with Crippen molar-refractivity contribution in [3.63, 3.8) is 0 Å². The van der Waals surface area contributed by atoms with Gasteiger partial charge in [-0.2, -0.15) is 4.68 Å². The molecular formula is C9H9N5O. The highest BCUT2D eigenvalue weighted by molar-refractivity contribution is 5.65. The predicted molar refractivity (Wildman–Crippen MR) is 55.6 cm³/mol. The molecular weight excluding hydrogens is 194 g/mol. The second kappa shape index (κ2) is 3.79. The van der Waals surface area contributed by atoms with Crippen molar-refractivity contribution < 1.29 is 5.11 Å². The molecule has 3 N–H and O–H groups in total. The number of rotatable bonds is 2. The van der Waals surface area contributed by atoms with Crippen molar-refractivity contribution in [2.24, 2.45) is 0 Å². The third-order valence-electron chi connectivity index (χ3n) is 1.85. The Kier molecular flexibility index (Phi) is 2.32. The Morgan fingerprint density at radius 3 is 2.80 bits per heavy atom. The summed E-state index contributed by atoms with van der Waals surface area (Å²) in [4.78, 5) is 0. The van der Waals surface area contributed by atoms with E-state index in [0.717, 1.165) is 0 Å². The van der Waals surface area contributed by atoms with Crippen LogP contribution in [0.1, 0.15) is 5.56 Å². The van der Waals surface area contributed by atoms with Crippen LogP contribution in [0, 0.1) is 0 Å². The molecule has 2 rings (SSSR count). The molecule has 0 saturated carbocycles. The number of phenols is 1. The maximum absolute atomic E-state index is 9.47. The number of aromatic nitrogens is 4. The van der Waals surface area contributed by atoms with Crippen LogP contribution in [0.15, 0.2) is 24.3 Å². The van der Waals surface area contributed by atoms with Crippen LogP contribution in [0.2, 0.25) is 0 Å². The van der Waals surface area contributed by atoms with Gasteiger partial charge in [0.15, 0.2) is 0 Å². The summed E-state index contributed by atoms with van der Waals surface area (Å²) in [6.07, 6.45) is 3.24. The van der Waals surface area contributed by atoms with E-state index < -0.39 is 0 Å². The zero-order valence-electron chi connectivity index (χ0n) is 7.78. The molecule has 6 heteroatoms. The van der Waals surface area contributed by atoms with Crippen molar-refractivity contribution in [1.29, 1.82) is 0 Å². The summed E-state index contributed by atoms with van der Waals surface area (Å²) in [6, 6.07) is 6.94. The highest BCUT2D eigenvalue weighted by Gasteiger charge is 1.97. The lowest BCUT2D eigenvalue weighted by molar-refractivity contribution is 0.474. The fourth-order valence-electron chi connectivity index (χ4n) is 1.09. The van der Waals surface area contributed by atoms with Gasteiger partial charge in [-0.05, 0) is 22.6 Å². The summed E-state index contributed by atoms with van der Waals surface area (Å²) in [5.41, 5.74) is 6.13. The standard InChI is InChI=1S/C9H9N5O/c10-9-11-12-13-14(9)6-5-7-3-1-2-4-8(7)15/h1-6,15H,(H2,10,11,13)/b6-5+. The molecule has 0 radical (unpaired) electrons. The monoisotopic (exact) mass is 203 g/mol. The van der Waals surface area contributed by atoms with Crippen molar-refractivity contribution in [2.75, 3.05) is 5.73 Å². The maximum Gasteiger partial charge on any atom is 0.244 e. The van der Waals surface area contributed by atoms with E-state index in [1.165, 1.54) is 4.68 Å². The Morgan fingerprint density at radius 1 is 1.33 bits per heavy atom. The molecule has 0 fully saturated rings. The summed E-state index contributed by atoms with van der Waals surface area (Å²) in [7, 11) is 0. The van der Waals surface area contributed by atoms with Crippen molar-refractivity contribution in [3.05, 3.63) is 29.8 Å². The zero-order chi connectivity index (χ0) is 10.7. The molecule has 0 aliphatic heterocycles. The Morgan fingerprint density at radius 2 is 2.13 bits per heavy atom. The van der Waals surface area contributed by atoms with Crippen LogP contribution in [-0.2, 0) is 0 Å². The zero-order valence-corrected chi connectivity index (χ0v) is 7.78. The lowest BCUT2D eigenvalue weighted by Gasteiger charge is -1.97. The average molecular weight is 203 g/mol. The topological polar surface area (TPSA) is 89.9 Å². The lowest BCUT2D eigenvalue weighted by Crippen LogP contribution is -1.96. The molecule has 0 atom stereocenters. The van der Waals surface area contributed by atoms with Crippen molar-refractivity contribution in [1.82, 2.24) is 20.2 Å². The molecule has 1 aromatic carbocycles. The van der Waals surface area contributed by atoms with E-state index in [2.05, 4.69) is 15.5 Å². The first-order valence-electron chi connectivity index (χ1n) is 4.27. The quantitative estimate of drug-likeness (QED) is 0.745. The molecule has 76 valence electrons. The van der Waals surface area contributed by atoms with E-state index >= 15 is 0 Å². The van der Waals surface area contributed by atoms with Crippen molar-refractivity contribution in [2.45, 2.75) is 0 Å². The molecule has 0 bridgehead atoms. The molecule has 1 heterocycles. The third kappa shape index (κ3) is 1.93. The molecule has 6 nitrogen and oxygen atoms in total. The Bertz CT molecular complexity index is 491. The first-order valence-corrected chi connectivity index (χ1v) is 4.27. The minimum atomic E-state index is 0.195. The number of hydrogen-bond acceptors (Lipinski definition) is 5. The van der Waals surface area contributed by atoms with Gasteiger partial charge in [0, 0.05) is 11.8 Å². The number of tetrazole rings is 1. The first kappa shape index (κ1) is 9.20. The molecule has 0 aliphatic carbocycles. The van der Waals surface area contributed by atoms with Crippen molar-refractivity contribution in [3.8, 4) is 5.75 Å². The van der Waals surface area contributed by atoms with Crippen LogP contribution < -0.4 is 5.73 Å². The van der Waals surface area contributed by atoms with E-state index in [1.54, 1.807) is 30.5 Å². The lowest BCUT2D eigenvalue weighted by atomic mass is 10.2. The largest absolute Gasteiger partial charge is 0.507 e. The first-order chi connectivity index (χ1) is 7.27.